The lowest BCUT2D eigenvalue weighted by atomic mass is 9.99. The van der Waals surface area contributed by atoms with Crippen LogP contribution in [0, 0.1) is 11.3 Å². The highest BCUT2D eigenvalue weighted by atomic mass is 19.1. The van der Waals surface area contributed by atoms with Crippen LogP contribution in [0.5, 0.6) is 0 Å². The molecule has 0 saturated heterocycles. The molecule has 0 aromatic carbocycles. The largest absolute Gasteiger partial charge is 0.496 e. The minimum atomic E-state index is -0.539. The molecule has 1 atom stereocenters. The number of ether oxygens (including phenoxy) is 1. The Morgan fingerprint density at radius 2 is 2.54 bits per heavy atom. The van der Waals surface area contributed by atoms with Gasteiger partial charge in [-0.05, 0) is 12.8 Å². The van der Waals surface area contributed by atoms with E-state index in [4.69, 9.17) is 10.00 Å². The lowest BCUT2D eigenvalue weighted by Gasteiger charge is -2.18. The maximum Gasteiger partial charge on any atom is 0.164 e. The van der Waals surface area contributed by atoms with Gasteiger partial charge in [0.25, 0.3) is 0 Å². The standard InChI is InChI=1S/C9H9FN2O/c1-12-8-4-6(5-11)3-7(10)9(8)13-2/h3,8H,1,4H2,2H3. The Kier molecular flexibility index (Phi) is 2.80. The van der Waals surface area contributed by atoms with E-state index in [1.165, 1.54) is 13.2 Å². The van der Waals surface area contributed by atoms with Gasteiger partial charge >= 0.3 is 0 Å². The number of methoxy groups -OCH3 is 1. The first-order chi connectivity index (χ1) is 6.22. The molecule has 0 aromatic heterocycles. The average Bonchev–Trinajstić information content (AvgIpc) is 2.16. The predicted octanol–water partition coefficient (Wildman–Crippen LogP) is 1.74. The number of rotatable bonds is 2. The third-order valence-electron chi connectivity index (χ3n) is 1.84. The van der Waals surface area contributed by atoms with Crippen molar-refractivity contribution < 1.29 is 9.13 Å². The molecule has 0 saturated carbocycles. The summed E-state index contributed by atoms with van der Waals surface area (Å²) < 4.78 is 18.0. The van der Waals surface area contributed by atoms with Crippen molar-refractivity contribution in [3.63, 3.8) is 0 Å². The smallest absolute Gasteiger partial charge is 0.164 e. The third kappa shape index (κ3) is 1.75. The SMILES string of the molecule is C=NC1CC(C#N)=CC(F)=C1OC. The molecule has 1 aliphatic carbocycles. The quantitative estimate of drug-likeness (QED) is 0.607. The summed E-state index contributed by atoms with van der Waals surface area (Å²) in [5, 5.41) is 8.57. The number of halogens is 1. The van der Waals surface area contributed by atoms with Gasteiger partial charge in [-0.1, -0.05) is 0 Å². The molecule has 0 fully saturated rings. The van der Waals surface area contributed by atoms with Gasteiger partial charge in [0.05, 0.1) is 13.2 Å². The van der Waals surface area contributed by atoms with E-state index in [9.17, 15) is 4.39 Å². The molecule has 1 rings (SSSR count). The van der Waals surface area contributed by atoms with Crippen molar-refractivity contribution in [2.24, 2.45) is 4.99 Å². The molecule has 4 heteroatoms. The molecule has 13 heavy (non-hydrogen) atoms. The van der Waals surface area contributed by atoms with Gasteiger partial charge in [0.15, 0.2) is 11.6 Å². The van der Waals surface area contributed by atoms with Crippen molar-refractivity contribution in [3.8, 4) is 6.07 Å². The zero-order chi connectivity index (χ0) is 9.84. The van der Waals surface area contributed by atoms with Crippen LogP contribution in [0.25, 0.3) is 0 Å². The van der Waals surface area contributed by atoms with Crippen LogP contribution in [-0.2, 0) is 4.74 Å². The first-order valence-electron chi connectivity index (χ1n) is 3.73. The van der Waals surface area contributed by atoms with Gasteiger partial charge in [-0.2, -0.15) is 5.26 Å². The van der Waals surface area contributed by atoms with Gasteiger partial charge in [0, 0.05) is 12.0 Å². The van der Waals surface area contributed by atoms with Crippen LogP contribution in [0.3, 0.4) is 0 Å². The van der Waals surface area contributed by atoms with Crippen molar-refractivity contribution in [1.82, 2.24) is 0 Å². The summed E-state index contributed by atoms with van der Waals surface area (Å²) in [4.78, 5) is 3.68. The Balaban J connectivity index is 3.05. The highest BCUT2D eigenvalue weighted by molar-refractivity contribution is 5.39. The summed E-state index contributed by atoms with van der Waals surface area (Å²) in [5.74, 6) is -0.392. The number of nitriles is 1. The number of hydrogen-bond donors (Lipinski definition) is 0. The van der Waals surface area contributed by atoms with Gasteiger partial charge in [0.2, 0.25) is 0 Å². The number of nitrogens with zero attached hydrogens (tertiary/aromatic N) is 2. The van der Waals surface area contributed by atoms with E-state index in [1.54, 1.807) is 0 Å². The second kappa shape index (κ2) is 3.85. The molecular formula is C9H9FN2O. The Bertz CT molecular complexity index is 325. The maximum absolute atomic E-state index is 13.2. The zero-order valence-corrected chi connectivity index (χ0v) is 7.25. The Morgan fingerprint density at radius 1 is 1.85 bits per heavy atom. The van der Waals surface area contributed by atoms with Gasteiger partial charge in [-0.25, -0.2) is 4.39 Å². The first kappa shape index (κ1) is 9.46. The van der Waals surface area contributed by atoms with E-state index in [0.717, 1.165) is 0 Å². The van der Waals surface area contributed by atoms with Crippen LogP contribution >= 0.6 is 0 Å². The van der Waals surface area contributed by atoms with E-state index in [2.05, 4.69) is 11.7 Å². The fraction of sp³-hybridized carbons (Fsp3) is 0.333. The summed E-state index contributed by atoms with van der Waals surface area (Å²) in [6.07, 6.45) is 1.52. The van der Waals surface area contributed by atoms with Crippen LogP contribution in [0.4, 0.5) is 4.39 Å². The van der Waals surface area contributed by atoms with E-state index in [-0.39, 0.29) is 5.76 Å². The van der Waals surface area contributed by atoms with Crippen LogP contribution in [-0.4, -0.2) is 19.9 Å². The fourth-order valence-electron chi connectivity index (χ4n) is 1.20. The van der Waals surface area contributed by atoms with Crippen molar-refractivity contribution >= 4 is 6.72 Å². The van der Waals surface area contributed by atoms with Crippen LogP contribution in [0.15, 0.2) is 28.2 Å². The van der Waals surface area contributed by atoms with Crippen molar-refractivity contribution in [1.29, 1.82) is 5.26 Å². The third-order valence-corrected chi connectivity index (χ3v) is 1.84. The lowest BCUT2D eigenvalue weighted by Crippen LogP contribution is -2.15. The molecule has 0 N–H and O–H groups in total. The summed E-state index contributed by atoms with van der Waals surface area (Å²) in [6, 6.07) is 1.42. The molecular weight excluding hydrogens is 171 g/mol. The molecule has 1 unspecified atom stereocenters. The first-order valence-corrected chi connectivity index (χ1v) is 3.73. The van der Waals surface area contributed by atoms with Gasteiger partial charge in [-0.15, -0.1) is 0 Å². The van der Waals surface area contributed by atoms with Crippen LogP contribution in [0.2, 0.25) is 0 Å². The van der Waals surface area contributed by atoms with Crippen LogP contribution in [0.1, 0.15) is 6.42 Å². The molecule has 0 aliphatic heterocycles. The molecule has 0 radical (unpaired) electrons. The molecule has 0 amide bonds. The second-order valence-corrected chi connectivity index (χ2v) is 2.60. The highest BCUT2D eigenvalue weighted by Crippen LogP contribution is 2.27. The lowest BCUT2D eigenvalue weighted by molar-refractivity contribution is 0.248. The molecule has 3 nitrogen and oxygen atoms in total. The molecule has 68 valence electrons. The van der Waals surface area contributed by atoms with Crippen molar-refractivity contribution in [2.75, 3.05) is 7.11 Å². The molecule has 0 heterocycles. The van der Waals surface area contributed by atoms with E-state index in [1.807, 2.05) is 6.07 Å². The maximum atomic E-state index is 13.2. The van der Waals surface area contributed by atoms with Crippen molar-refractivity contribution in [2.45, 2.75) is 12.5 Å². The van der Waals surface area contributed by atoms with E-state index < -0.39 is 11.9 Å². The van der Waals surface area contributed by atoms with Crippen molar-refractivity contribution in [3.05, 3.63) is 23.2 Å². The monoisotopic (exact) mass is 180 g/mol. The van der Waals surface area contributed by atoms with Gasteiger partial charge < -0.3 is 4.74 Å². The minimum absolute atomic E-state index is 0.147. The van der Waals surface area contributed by atoms with E-state index in [0.29, 0.717) is 12.0 Å². The summed E-state index contributed by atoms with van der Waals surface area (Å²) in [5.41, 5.74) is 0.357. The fourth-order valence-corrected chi connectivity index (χ4v) is 1.20. The Hall–Kier alpha value is -1.63. The van der Waals surface area contributed by atoms with Gasteiger partial charge in [-0.3, -0.25) is 4.99 Å². The highest BCUT2D eigenvalue weighted by Gasteiger charge is 2.23. The minimum Gasteiger partial charge on any atom is -0.496 e. The number of allylic oxidation sites excluding steroid dienone is 2. The number of aliphatic imine (C=N–C) groups is 1. The molecule has 0 bridgehead atoms. The summed E-state index contributed by atoms with van der Waals surface area (Å²) in [7, 11) is 1.37. The molecule has 0 spiro atoms. The Labute approximate surface area is 75.8 Å². The Morgan fingerprint density at radius 3 is 3.00 bits per heavy atom. The summed E-state index contributed by atoms with van der Waals surface area (Å²) in [6.45, 7) is 3.32. The van der Waals surface area contributed by atoms with E-state index >= 15 is 0 Å². The summed E-state index contributed by atoms with van der Waals surface area (Å²) >= 11 is 0. The second-order valence-electron chi connectivity index (χ2n) is 2.60. The predicted molar refractivity (Wildman–Crippen MR) is 46.8 cm³/mol. The van der Waals surface area contributed by atoms with Gasteiger partial charge in [0.1, 0.15) is 6.04 Å². The van der Waals surface area contributed by atoms with Crippen LogP contribution < -0.4 is 0 Å². The topological polar surface area (TPSA) is 45.4 Å². The molecule has 0 aromatic rings. The zero-order valence-electron chi connectivity index (χ0n) is 7.25. The normalized spacial score (nSPS) is 21.9. The average molecular weight is 180 g/mol. The molecule has 1 aliphatic rings. The number of hydrogen-bond acceptors (Lipinski definition) is 3.